The molecule has 4 heteroatoms. The van der Waals surface area contributed by atoms with Gasteiger partial charge in [-0.15, -0.1) is 0 Å². The first-order valence-corrected chi connectivity index (χ1v) is 9.06. The third kappa shape index (κ3) is 5.54. The van der Waals surface area contributed by atoms with E-state index in [0.717, 1.165) is 45.2 Å². The van der Waals surface area contributed by atoms with Gasteiger partial charge in [0.2, 0.25) is 0 Å². The Morgan fingerprint density at radius 1 is 1.26 bits per heavy atom. The highest BCUT2D eigenvalue weighted by molar-refractivity contribution is 5.75. The number of nitrogens with zero attached hydrogens (tertiary/aromatic N) is 1. The fourth-order valence-corrected chi connectivity index (χ4v) is 3.25. The van der Waals surface area contributed by atoms with Crippen molar-refractivity contribution in [2.24, 2.45) is 0 Å². The third-order valence-electron chi connectivity index (χ3n) is 4.66. The fourth-order valence-electron chi connectivity index (χ4n) is 3.25. The molecule has 23 heavy (non-hydrogen) atoms. The van der Waals surface area contributed by atoms with E-state index in [-0.39, 0.29) is 12.1 Å². The zero-order valence-electron chi connectivity index (χ0n) is 14.6. The average Bonchev–Trinajstić information content (AvgIpc) is 2.60. The lowest BCUT2D eigenvalue weighted by atomic mass is 10.0. The first-order valence-electron chi connectivity index (χ1n) is 9.06. The van der Waals surface area contributed by atoms with Crippen LogP contribution in [-0.2, 0) is 6.54 Å². The van der Waals surface area contributed by atoms with E-state index in [1.165, 1.54) is 5.56 Å². The van der Waals surface area contributed by atoms with E-state index < -0.39 is 0 Å². The second-order valence-corrected chi connectivity index (χ2v) is 6.44. The van der Waals surface area contributed by atoms with E-state index in [4.69, 9.17) is 0 Å². The van der Waals surface area contributed by atoms with Gasteiger partial charge in [-0.2, -0.15) is 0 Å². The third-order valence-corrected chi connectivity index (χ3v) is 4.66. The number of carbonyl (C=O) groups excluding carboxylic acids is 1. The summed E-state index contributed by atoms with van der Waals surface area (Å²) in [6.07, 6.45) is 5.21. The Bertz CT molecular complexity index is 457. The molecule has 1 aromatic carbocycles. The van der Waals surface area contributed by atoms with E-state index in [2.05, 4.69) is 41.5 Å². The number of nitrogens with one attached hydrogen (secondary N) is 2. The predicted molar refractivity (Wildman–Crippen MR) is 95.4 cm³/mol. The Labute approximate surface area is 140 Å². The van der Waals surface area contributed by atoms with Gasteiger partial charge in [-0.25, -0.2) is 4.79 Å². The predicted octanol–water partition coefficient (Wildman–Crippen LogP) is 3.53. The van der Waals surface area contributed by atoms with Gasteiger partial charge in [0.05, 0.1) is 0 Å². The number of piperidine rings is 1. The molecule has 1 aromatic rings. The number of carbonyl (C=O) groups is 1. The summed E-state index contributed by atoms with van der Waals surface area (Å²) in [5.74, 6) is 0. The maximum absolute atomic E-state index is 12.9. The van der Waals surface area contributed by atoms with Crippen LogP contribution in [0, 0.1) is 0 Å². The Balaban J connectivity index is 2.06. The molecule has 0 aromatic heterocycles. The molecule has 0 saturated carbocycles. The Kier molecular flexibility index (Phi) is 7.40. The number of amides is 2. The van der Waals surface area contributed by atoms with Gasteiger partial charge in [-0.3, -0.25) is 0 Å². The van der Waals surface area contributed by atoms with Gasteiger partial charge < -0.3 is 15.5 Å². The normalized spacial score (nSPS) is 16.8. The van der Waals surface area contributed by atoms with Gasteiger partial charge >= 0.3 is 6.03 Å². The molecule has 1 aliphatic rings. The van der Waals surface area contributed by atoms with Crippen molar-refractivity contribution in [2.45, 2.75) is 64.6 Å². The maximum Gasteiger partial charge on any atom is 0.318 e. The van der Waals surface area contributed by atoms with Crippen LogP contribution in [0.2, 0.25) is 0 Å². The largest absolute Gasteiger partial charge is 0.335 e. The fraction of sp³-hybridized carbons (Fsp3) is 0.632. The molecule has 1 saturated heterocycles. The molecule has 0 spiro atoms. The molecule has 1 aliphatic heterocycles. The molecular formula is C19H31N3O. The van der Waals surface area contributed by atoms with Crippen molar-refractivity contribution in [1.29, 1.82) is 0 Å². The second-order valence-electron chi connectivity index (χ2n) is 6.44. The molecule has 0 aliphatic carbocycles. The molecule has 2 rings (SSSR count). The highest BCUT2D eigenvalue weighted by atomic mass is 16.2. The van der Waals surface area contributed by atoms with Crippen molar-refractivity contribution in [3.8, 4) is 0 Å². The Hall–Kier alpha value is -1.55. The van der Waals surface area contributed by atoms with Crippen LogP contribution in [0.3, 0.4) is 0 Å². The molecule has 1 fully saturated rings. The van der Waals surface area contributed by atoms with Gasteiger partial charge in [0, 0.05) is 18.6 Å². The van der Waals surface area contributed by atoms with Gasteiger partial charge in [0.25, 0.3) is 0 Å². The summed E-state index contributed by atoms with van der Waals surface area (Å²) in [5.41, 5.74) is 1.20. The first kappa shape index (κ1) is 17.8. The lowest BCUT2D eigenvalue weighted by molar-refractivity contribution is 0.150. The Morgan fingerprint density at radius 3 is 2.57 bits per heavy atom. The van der Waals surface area contributed by atoms with E-state index >= 15 is 0 Å². The highest BCUT2D eigenvalue weighted by Crippen LogP contribution is 2.17. The van der Waals surface area contributed by atoms with Crippen molar-refractivity contribution in [3.05, 3.63) is 35.9 Å². The lowest BCUT2D eigenvalue weighted by Gasteiger charge is -2.36. The summed E-state index contributed by atoms with van der Waals surface area (Å²) >= 11 is 0. The van der Waals surface area contributed by atoms with Gasteiger partial charge in [-0.1, -0.05) is 50.6 Å². The van der Waals surface area contributed by atoms with Crippen LogP contribution >= 0.6 is 0 Å². The quantitative estimate of drug-likeness (QED) is 0.808. The van der Waals surface area contributed by atoms with E-state index in [9.17, 15) is 4.79 Å². The summed E-state index contributed by atoms with van der Waals surface area (Å²) in [7, 11) is 0. The van der Waals surface area contributed by atoms with E-state index in [0.29, 0.717) is 12.6 Å². The summed E-state index contributed by atoms with van der Waals surface area (Å²) < 4.78 is 0. The smallest absolute Gasteiger partial charge is 0.318 e. The molecule has 2 N–H and O–H groups in total. The summed E-state index contributed by atoms with van der Waals surface area (Å²) in [6, 6.07) is 11.0. The topological polar surface area (TPSA) is 44.4 Å². The van der Waals surface area contributed by atoms with Crippen LogP contribution in [0.1, 0.15) is 51.5 Å². The molecule has 1 heterocycles. The summed E-state index contributed by atoms with van der Waals surface area (Å²) in [5, 5.41) is 6.64. The van der Waals surface area contributed by atoms with Gasteiger partial charge in [-0.05, 0) is 44.3 Å². The summed E-state index contributed by atoms with van der Waals surface area (Å²) in [6.45, 7) is 7.00. The lowest BCUT2D eigenvalue weighted by Crippen LogP contribution is -2.51. The van der Waals surface area contributed by atoms with Crippen LogP contribution in [0.25, 0.3) is 0 Å². The number of rotatable bonds is 7. The van der Waals surface area contributed by atoms with Crippen LogP contribution in [0.4, 0.5) is 4.79 Å². The van der Waals surface area contributed by atoms with Crippen molar-refractivity contribution >= 4 is 6.03 Å². The first-order chi connectivity index (χ1) is 11.2. The summed E-state index contributed by atoms with van der Waals surface area (Å²) in [4.78, 5) is 14.9. The van der Waals surface area contributed by atoms with Crippen molar-refractivity contribution in [2.75, 3.05) is 13.1 Å². The highest BCUT2D eigenvalue weighted by Gasteiger charge is 2.26. The van der Waals surface area contributed by atoms with Crippen molar-refractivity contribution < 1.29 is 4.79 Å². The standard InChI is InChI=1S/C19H31N3O/c1-3-8-17(4-2)21-19(23)22(18-11-13-20-14-12-18)15-16-9-6-5-7-10-16/h5-7,9-10,17-18,20H,3-4,8,11-15H2,1-2H3,(H,21,23). The number of urea groups is 1. The molecule has 4 nitrogen and oxygen atoms in total. The van der Waals surface area contributed by atoms with Crippen molar-refractivity contribution in [3.63, 3.8) is 0 Å². The van der Waals surface area contributed by atoms with Crippen LogP contribution in [0.15, 0.2) is 30.3 Å². The second kappa shape index (κ2) is 9.56. The van der Waals surface area contributed by atoms with Crippen LogP contribution in [-0.4, -0.2) is 36.1 Å². The minimum Gasteiger partial charge on any atom is -0.335 e. The molecule has 1 atom stereocenters. The molecule has 0 bridgehead atoms. The van der Waals surface area contributed by atoms with Crippen molar-refractivity contribution in [1.82, 2.24) is 15.5 Å². The van der Waals surface area contributed by atoms with Gasteiger partial charge in [0.1, 0.15) is 0 Å². The Morgan fingerprint density at radius 2 is 1.96 bits per heavy atom. The zero-order valence-corrected chi connectivity index (χ0v) is 14.6. The van der Waals surface area contributed by atoms with Crippen LogP contribution in [0.5, 0.6) is 0 Å². The minimum absolute atomic E-state index is 0.0982. The van der Waals surface area contributed by atoms with E-state index in [1.54, 1.807) is 0 Å². The SMILES string of the molecule is CCCC(CC)NC(=O)N(Cc1ccccc1)C1CCNCC1. The maximum atomic E-state index is 12.9. The molecule has 2 amide bonds. The average molecular weight is 317 g/mol. The number of hydrogen-bond donors (Lipinski definition) is 2. The van der Waals surface area contributed by atoms with E-state index in [1.807, 2.05) is 18.2 Å². The monoisotopic (exact) mass is 317 g/mol. The minimum atomic E-state index is 0.0982. The van der Waals surface area contributed by atoms with Crippen LogP contribution < -0.4 is 10.6 Å². The molecule has 0 radical (unpaired) electrons. The molecular weight excluding hydrogens is 286 g/mol. The van der Waals surface area contributed by atoms with Gasteiger partial charge in [0.15, 0.2) is 0 Å². The molecule has 128 valence electrons. The number of benzene rings is 1. The molecule has 1 unspecified atom stereocenters. The zero-order chi connectivity index (χ0) is 16.5. The number of hydrogen-bond acceptors (Lipinski definition) is 2.